The van der Waals surface area contributed by atoms with Crippen LogP contribution in [0.25, 0.3) is 0 Å². The van der Waals surface area contributed by atoms with Gasteiger partial charge in [0.1, 0.15) is 17.2 Å². The molecule has 2 N–H and O–H groups in total. The molecule has 0 unspecified atom stereocenters. The highest BCUT2D eigenvalue weighted by atomic mass is 19.1. The highest BCUT2D eigenvalue weighted by Crippen LogP contribution is 2.52. The number of halogens is 1. The number of fused-ring (bicyclic) bond motifs is 1. The fraction of sp³-hybridized carbons (Fsp3) is 0.647. The summed E-state index contributed by atoms with van der Waals surface area (Å²) >= 11 is 0. The molecule has 4 rings (SSSR count). The summed E-state index contributed by atoms with van der Waals surface area (Å²) in [6, 6.07) is 4.48. The van der Waals surface area contributed by atoms with E-state index in [1.807, 2.05) is 0 Å². The number of rotatable bonds is 2. The van der Waals surface area contributed by atoms with Crippen LogP contribution in [0.15, 0.2) is 18.2 Å². The maximum Gasteiger partial charge on any atom is 0.123 e. The summed E-state index contributed by atoms with van der Waals surface area (Å²) < 4.78 is 20.1. The number of benzene rings is 1. The average molecular weight is 306 g/mol. The van der Waals surface area contributed by atoms with Crippen LogP contribution in [0.4, 0.5) is 4.39 Å². The van der Waals surface area contributed by atoms with Crippen molar-refractivity contribution in [2.24, 2.45) is 5.92 Å². The molecule has 0 aliphatic carbocycles. The lowest BCUT2D eigenvalue weighted by atomic mass is 9.82. The molecule has 3 aliphatic heterocycles. The summed E-state index contributed by atoms with van der Waals surface area (Å²) in [6.07, 6.45) is 1.30. The smallest absolute Gasteiger partial charge is 0.123 e. The lowest BCUT2D eigenvalue weighted by Crippen LogP contribution is -2.56. The van der Waals surface area contributed by atoms with Crippen LogP contribution >= 0.6 is 0 Å². The third-order valence-electron chi connectivity index (χ3n) is 5.60. The topological polar surface area (TPSA) is 44.7 Å². The second-order valence-corrected chi connectivity index (χ2v) is 7.20. The zero-order chi connectivity index (χ0) is 15.5. The molecular formula is C17H23FN2O2. The van der Waals surface area contributed by atoms with Crippen molar-refractivity contribution < 1.29 is 14.2 Å². The van der Waals surface area contributed by atoms with Gasteiger partial charge in [0.05, 0.1) is 12.1 Å². The number of ether oxygens (including phenoxy) is 1. The minimum absolute atomic E-state index is 0.141. The van der Waals surface area contributed by atoms with Crippen LogP contribution in [0, 0.1) is 11.7 Å². The monoisotopic (exact) mass is 306 g/mol. The van der Waals surface area contributed by atoms with Crippen molar-refractivity contribution in [3.8, 4) is 5.75 Å². The second kappa shape index (κ2) is 4.91. The van der Waals surface area contributed by atoms with E-state index in [0.717, 1.165) is 26.1 Å². The van der Waals surface area contributed by atoms with E-state index in [-0.39, 0.29) is 29.3 Å². The molecule has 4 atom stereocenters. The maximum absolute atomic E-state index is 13.7. The van der Waals surface area contributed by atoms with Gasteiger partial charge in [0.2, 0.25) is 0 Å². The van der Waals surface area contributed by atoms with Crippen LogP contribution < -0.4 is 5.32 Å². The number of nitrogens with one attached hydrogen (secondary N) is 1. The van der Waals surface area contributed by atoms with Crippen molar-refractivity contribution in [3.05, 3.63) is 29.6 Å². The number of hydrogen-bond acceptors (Lipinski definition) is 4. The van der Waals surface area contributed by atoms with Crippen molar-refractivity contribution in [3.63, 3.8) is 0 Å². The minimum atomic E-state index is -0.349. The normalized spacial score (nSPS) is 37.7. The first kappa shape index (κ1) is 14.4. The Kier molecular flexibility index (Phi) is 3.22. The molecule has 0 saturated carbocycles. The molecule has 3 fully saturated rings. The van der Waals surface area contributed by atoms with E-state index in [4.69, 9.17) is 4.74 Å². The third kappa shape index (κ3) is 1.99. The molecule has 4 nitrogen and oxygen atoms in total. The average Bonchev–Trinajstić information content (AvgIpc) is 2.91. The van der Waals surface area contributed by atoms with E-state index in [0.29, 0.717) is 17.5 Å². The predicted molar refractivity (Wildman–Crippen MR) is 81.2 cm³/mol. The zero-order valence-corrected chi connectivity index (χ0v) is 13.1. The molecule has 5 heteroatoms. The third-order valence-corrected chi connectivity index (χ3v) is 5.60. The highest BCUT2D eigenvalue weighted by molar-refractivity contribution is 5.39. The number of phenolic OH excluding ortho intramolecular Hbond substituents is 1. The van der Waals surface area contributed by atoms with E-state index >= 15 is 0 Å². The van der Waals surface area contributed by atoms with Crippen LogP contribution in [-0.2, 0) is 4.74 Å². The van der Waals surface area contributed by atoms with Crippen molar-refractivity contribution >= 4 is 0 Å². The van der Waals surface area contributed by atoms with E-state index in [2.05, 4.69) is 24.1 Å². The van der Waals surface area contributed by atoms with Gasteiger partial charge in [0.25, 0.3) is 0 Å². The Morgan fingerprint density at radius 1 is 1.45 bits per heavy atom. The number of nitrogens with zero attached hydrogens (tertiary/aromatic N) is 1. The Balaban J connectivity index is 1.74. The van der Waals surface area contributed by atoms with Crippen molar-refractivity contribution in [2.75, 3.05) is 19.6 Å². The molecule has 2 bridgehead atoms. The van der Waals surface area contributed by atoms with Crippen LogP contribution in [0.1, 0.15) is 31.9 Å². The van der Waals surface area contributed by atoms with Crippen LogP contribution in [-0.4, -0.2) is 47.4 Å². The molecule has 3 aliphatic rings. The molecule has 0 amide bonds. The van der Waals surface area contributed by atoms with Crippen LogP contribution in [0.5, 0.6) is 5.75 Å². The Labute approximate surface area is 130 Å². The number of phenols is 1. The summed E-state index contributed by atoms with van der Waals surface area (Å²) in [4.78, 5) is 2.45. The fourth-order valence-electron chi connectivity index (χ4n) is 4.50. The Morgan fingerprint density at radius 3 is 3.05 bits per heavy atom. The molecule has 0 radical (unpaired) electrons. The molecule has 1 aromatic rings. The minimum Gasteiger partial charge on any atom is -0.508 e. The van der Waals surface area contributed by atoms with Gasteiger partial charge in [-0.2, -0.15) is 0 Å². The summed E-state index contributed by atoms with van der Waals surface area (Å²) in [7, 11) is 0. The van der Waals surface area contributed by atoms with Gasteiger partial charge in [-0.1, -0.05) is 0 Å². The number of morpholine rings is 1. The maximum atomic E-state index is 13.7. The largest absolute Gasteiger partial charge is 0.508 e. The van der Waals surface area contributed by atoms with E-state index < -0.39 is 0 Å². The van der Waals surface area contributed by atoms with Crippen molar-refractivity contribution in [1.82, 2.24) is 10.2 Å². The second-order valence-electron chi connectivity index (χ2n) is 7.20. The van der Waals surface area contributed by atoms with Crippen LogP contribution in [0.3, 0.4) is 0 Å². The summed E-state index contributed by atoms with van der Waals surface area (Å²) in [6.45, 7) is 7.07. The highest BCUT2D eigenvalue weighted by Gasteiger charge is 2.61. The van der Waals surface area contributed by atoms with Gasteiger partial charge in [-0.05, 0) is 38.5 Å². The fourth-order valence-corrected chi connectivity index (χ4v) is 4.50. The van der Waals surface area contributed by atoms with Crippen LogP contribution in [0.2, 0.25) is 0 Å². The molecule has 120 valence electrons. The van der Waals surface area contributed by atoms with Crippen molar-refractivity contribution in [2.45, 2.75) is 44.1 Å². The molecule has 1 spiro atoms. The first-order chi connectivity index (χ1) is 10.5. The summed E-state index contributed by atoms with van der Waals surface area (Å²) in [5.74, 6) is 0.247. The Bertz CT molecular complexity index is 594. The lowest BCUT2D eigenvalue weighted by molar-refractivity contribution is -0.132. The van der Waals surface area contributed by atoms with E-state index in [1.165, 1.54) is 18.2 Å². The summed E-state index contributed by atoms with van der Waals surface area (Å²) in [5, 5.41) is 13.7. The van der Waals surface area contributed by atoms with Gasteiger partial charge in [0, 0.05) is 37.2 Å². The molecule has 3 saturated heterocycles. The summed E-state index contributed by atoms with van der Waals surface area (Å²) in [5.41, 5.74) is 0.270. The van der Waals surface area contributed by atoms with Gasteiger partial charge in [0.15, 0.2) is 0 Å². The van der Waals surface area contributed by atoms with Gasteiger partial charge in [-0.15, -0.1) is 0 Å². The van der Waals surface area contributed by atoms with Gasteiger partial charge in [-0.25, -0.2) is 4.39 Å². The van der Waals surface area contributed by atoms with Crippen molar-refractivity contribution in [1.29, 1.82) is 0 Å². The quantitative estimate of drug-likeness (QED) is 0.878. The molecular weight excluding hydrogens is 283 g/mol. The number of aromatic hydroxyl groups is 1. The van der Waals surface area contributed by atoms with E-state index in [1.54, 1.807) is 0 Å². The molecule has 0 aromatic heterocycles. The Morgan fingerprint density at radius 2 is 2.27 bits per heavy atom. The molecule has 22 heavy (non-hydrogen) atoms. The zero-order valence-electron chi connectivity index (χ0n) is 13.1. The van der Waals surface area contributed by atoms with Gasteiger partial charge in [-0.3, -0.25) is 4.90 Å². The molecule has 1 aromatic carbocycles. The SMILES string of the molecule is CC(C)N1C[C@H]2C[C@@H]3CN[C@@H](c4cc(F)ccc4O)[C@]3(C1)O2. The first-order valence-electron chi connectivity index (χ1n) is 8.13. The number of likely N-dealkylation sites (tertiary alicyclic amines) is 1. The van der Waals surface area contributed by atoms with Gasteiger partial charge >= 0.3 is 0 Å². The van der Waals surface area contributed by atoms with E-state index in [9.17, 15) is 9.50 Å². The lowest BCUT2D eigenvalue weighted by Gasteiger charge is -2.45. The molecule has 3 heterocycles. The van der Waals surface area contributed by atoms with Gasteiger partial charge < -0.3 is 15.2 Å². The number of hydrogen-bond donors (Lipinski definition) is 2. The Hall–Kier alpha value is -1.17. The standard InChI is InChI=1S/C17H23FN2O2/c1-10(2)20-8-13-5-11-7-19-16(17(11,9-20)22-13)14-6-12(18)3-4-15(14)21/h3-4,6,10-11,13,16,19,21H,5,7-9H2,1-2H3/t11-,13-,16+,17-/m1/s1. The predicted octanol–water partition coefficient (Wildman–Crippen LogP) is 2.04. The first-order valence-corrected chi connectivity index (χ1v) is 8.13.